The van der Waals surface area contributed by atoms with E-state index < -0.39 is 11.6 Å². The van der Waals surface area contributed by atoms with Gasteiger partial charge in [-0.3, -0.25) is 4.99 Å². The second kappa shape index (κ2) is 8.79. The number of hydrogen-bond donors (Lipinski definition) is 0. The minimum absolute atomic E-state index is 0.0901. The second-order valence-electron chi connectivity index (χ2n) is 7.57. The standard InChI is InChI=1S/C23H29NO2/c1-6-17(2)20(22(25)26-23(3,4)5)24-21(18-13-9-7-10-14-18)19-15-11-8-12-16-19/h7-17,20H,6H2,1-5H3/t17-,20-/m1/s1. The van der Waals surface area contributed by atoms with Crippen molar-refractivity contribution in [3.8, 4) is 0 Å². The Labute approximate surface area is 157 Å². The lowest BCUT2D eigenvalue weighted by atomic mass is 9.97. The lowest BCUT2D eigenvalue weighted by Crippen LogP contribution is -2.35. The van der Waals surface area contributed by atoms with Gasteiger partial charge in [-0.05, 0) is 26.7 Å². The van der Waals surface area contributed by atoms with Crippen LogP contribution in [0.1, 0.15) is 52.2 Å². The highest BCUT2D eigenvalue weighted by molar-refractivity contribution is 6.13. The molecule has 0 N–H and O–H groups in total. The minimum Gasteiger partial charge on any atom is -0.458 e. The van der Waals surface area contributed by atoms with Crippen LogP contribution < -0.4 is 0 Å². The fraction of sp³-hybridized carbons (Fsp3) is 0.391. The molecule has 2 aromatic carbocycles. The molecule has 2 atom stereocenters. The number of rotatable bonds is 6. The Hall–Kier alpha value is -2.42. The largest absolute Gasteiger partial charge is 0.458 e. The molecule has 26 heavy (non-hydrogen) atoms. The van der Waals surface area contributed by atoms with E-state index in [2.05, 4.69) is 6.92 Å². The summed E-state index contributed by atoms with van der Waals surface area (Å²) < 4.78 is 5.65. The average Bonchev–Trinajstić information content (AvgIpc) is 2.62. The SMILES string of the molecule is CC[C@@H](C)[C@@H](N=C(c1ccccc1)c1ccccc1)C(=O)OC(C)(C)C. The Kier molecular flexibility index (Phi) is 6.73. The molecule has 3 heteroatoms. The summed E-state index contributed by atoms with van der Waals surface area (Å²) in [4.78, 5) is 17.7. The van der Waals surface area contributed by atoms with Gasteiger partial charge in [0.2, 0.25) is 0 Å². The first-order valence-electron chi connectivity index (χ1n) is 9.23. The first-order chi connectivity index (χ1) is 12.3. The van der Waals surface area contributed by atoms with Gasteiger partial charge in [0, 0.05) is 11.1 Å². The van der Waals surface area contributed by atoms with Gasteiger partial charge in [-0.25, -0.2) is 4.79 Å². The van der Waals surface area contributed by atoms with Gasteiger partial charge < -0.3 is 4.74 Å². The number of esters is 1. The lowest BCUT2D eigenvalue weighted by Gasteiger charge is -2.25. The maximum atomic E-state index is 12.8. The van der Waals surface area contributed by atoms with Crippen LogP contribution in [0.2, 0.25) is 0 Å². The summed E-state index contributed by atoms with van der Waals surface area (Å²) in [6.07, 6.45) is 0.851. The first kappa shape index (κ1) is 19.9. The van der Waals surface area contributed by atoms with E-state index in [0.29, 0.717) is 0 Å². The molecule has 0 fully saturated rings. The van der Waals surface area contributed by atoms with E-state index in [1.54, 1.807) is 0 Å². The van der Waals surface area contributed by atoms with Crippen molar-refractivity contribution >= 4 is 11.7 Å². The molecule has 0 saturated heterocycles. The topological polar surface area (TPSA) is 38.7 Å². The quantitative estimate of drug-likeness (QED) is 0.524. The summed E-state index contributed by atoms with van der Waals surface area (Å²) in [7, 11) is 0. The number of nitrogens with zero attached hydrogens (tertiary/aromatic N) is 1. The van der Waals surface area contributed by atoms with E-state index in [9.17, 15) is 4.79 Å². The van der Waals surface area contributed by atoms with Crippen molar-refractivity contribution in [1.82, 2.24) is 0 Å². The monoisotopic (exact) mass is 351 g/mol. The van der Waals surface area contributed by atoms with Crippen LogP contribution in [0.4, 0.5) is 0 Å². The third-order valence-corrected chi connectivity index (χ3v) is 4.19. The number of hydrogen-bond acceptors (Lipinski definition) is 3. The molecular weight excluding hydrogens is 322 g/mol. The van der Waals surface area contributed by atoms with E-state index in [-0.39, 0.29) is 11.9 Å². The molecule has 0 bridgehead atoms. The van der Waals surface area contributed by atoms with E-state index in [4.69, 9.17) is 9.73 Å². The third-order valence-electron chi connectivity index (χ3n) is 4.19. The molecule has 3 nitrogen and oxygen atoms in total. The van der Waals surface area contributed by atoms with Crippen molar-refractivity contribution in [2.24, 2.45) is 10.9 Å². The number of ether oxygens (including phenoxy) is 1. The van der Waals surface area contributed by atoms with Crippen LogP contribution in [0.15, 0.2) is 65.7 Å². The molecule has 0 unspecified atom stereocenters. The smallest absolute Gasteiger partial charge is 0.331 e. The molecule has 0 spiro atoms. The molecule has 0 saturated carbocycles. The molecule has 0 aromatic heterocycles. The fourth-order valence-corrected chi connectivity index (χ4v) is 2.64. The van der Waals surface area contributed by atoms with Crippen LogP contribution in [0.5, 0.6) is 0 Å². The third kappa shape index (κ3) is 5.55. The molecule has 138 valence electrons. The van der Waals surface area contributed by atoms with Crippen molar-refractivity contribution < 1.29 is 9.53 Å². The maximum Gasteiger partial charge on any atom is 0.331 e. The van der Waals surface area contributed by atoms with Crippen LogP contribution in [-0.4, -0.2) is 23.3 Å². The van der Waals surface area contributed by atoms with Crippen molar-refractivity contribution in [3.05, 3.63) is 71.8 Å². The molecular formula is C23H29NO2. The lowest BCUT2D eigenvalue weighted by molar-refractivity contribution is -0.157. The maximum absolute atomic E-state index is 12.8. The molecule has 0 radical (unpaired) electrons. The zero-order chi connectivity index (χ0) is 19.2. The summed E-state index contributed by atoms with van der Waals surface area (Å²) in [5, 5.41) is 0. The van der Waals surface area contributed by atoms with E-state index in [1.807, 2.05) is 88.4 Å². The van der Waals surface area contributed by atoms with Crippen LogP contribution in [-0.2, 0) is 9.53 Å². The normalized spacial score (nSPS) is 13.6. The van der Waals surface area contributed by atoms with E-state index in [0.717, 1.165) is 23.3 Å². The molecule has 0 heterocycles. The van der Waals surface area contributed by atoms with Gasteiger partial charge in [0.15, 0.2) is 6.04 Å². The van der Waals surface area contributed by atoms with Crippen molar-refractivity contribution in [3.63, 3.8) is 0 Å². The summed E-state index contributed by atoms with van der Waals surface area (Å²) in [5.74, 6) is -0.177. The highest BCUT2D eigenvalue weighted by Gasteiger charge is 2.29. The van der Waals surface area contributed by atoms with E-state index in [1.165, 1.54) is 0 Å². The van der Waals surface area contributed by atoms with Crippen LogP contribution in [0.25, 0.3) is 0 Å². The van der Waals surface area contributed by atoms with Crippen molar-refractivity contribution in [2.45, 2.75) is 52.7 Å². The summed E-state index contributed by atoms with van der Waals surface area (Å²) in [6, 6.07) is 19.5. The molecule has 0 aliphatic carbocycles. The van der Waals surface area contributed by atoms with Gasteiger partial charge in [-0.15, -0.1) is 0 Å². The van der Waals surface area contributed by atoms with Crippen molar-refractivity contribution in [1.29, 1.82) is 0 Å². The Balaban J connectivity index is 2.51. The number of carbonyl (C=O) groups excluding carboxylic acids is 1. The summed E-state index contributed by atoms with van der Waals surface area (Å²) in [5.41, 5.74) is 2.28. The first-order valence-corrected chi connectivity index (χ1v) is 9.23. The Morgan fingerprint density at radius 1 is 0.962 bits per heavy atom. The fourth-order valence-electron chi connectivity index (χ4n) is 2.64. The molecule has 2 rings (SSSR count). The molecule has 0 aliphatic heterocycles. The molecule has 2 aromatic rings. The van der Waals surface area contributed by atoms with E-state index >= 15 is 0 Å². The highest BCUT2D eigenvalue weighted by atomic mass is 16.6. The Bertz CT molecular complexity index is 688. The molecule has 0 aliphatic rings. The van der Waals surface area contributed by atoms with Gasteiger partial charge in [-0.1, -0.05) is 80.9 Å². The average molecular weight is 351 g/mol. The predicted molar refractivity (Wildman–Crippen MR) is 108 cm³/mol. The van der Waals surface area contributed by atoms with Crippen molar-refractivity contribution in [2.75, 3.05) is 0 Å². The summed E-state index contributed by atoms with van der Waals surface area (Å²) in [6.45, 7) is 9.78. The van der Waals surface area contributed by atoms with Gasteiger partial charge in [0.25, 0.3) is 0 Å². The zero-order valence-electron chi connectivity index (χ0n) is 16.4. The Morgan fingerprint density at radius 3 is 1.81 bits per heavy atom. The number of aliphatic imine (C=N–C) groups is 1. The van der Waals surface area contributed by atoms with Crippen LogP contribution in [0.3, 0.4) is 0 Å². The van der Waals surface area contributed by atoms with Crippen LogP contribution in [0, 0.1) is 5.92 Å². The molecule has 0 amide bonds. The highest BCUT2D eigenvalue weighted by Crippen LogP contribution is 2.20. The van der Waals surface area contributed by atoms with Gasteiger partial charge in [0.05, 0.1) is 5.71 Å². The zero-order valence-corrected chi connectivity index (χ0v) is 16.4. The minimum atomic E-state index is -0.533. The van der Waals surface area contributed by atoms with Gasteiger partial charge >= 0.3 is 5.97 Å². The summed E-state index contributed by atoms with van der Waals surface area (Å²) >= 11 is 0. The van der Waals surface area contributed by atoms with Crippen LogP contribution >= 0.6 is 0 Å². The Morgan fingerprint density at radius 2 is 1.42 bits per heavy atom. The van der Waals surface area contributed by atoms with Gasteiger partial charge in [-0.2, -0.15) is 0 Å². The van der Waals surface area contributed by atoms with Gasteiger partial charge in [0.1, 0.15) is 5.60 Å². The number of benzene rings is 2. The second-order valence-corrected chi connectivity index (χ2v) is 7.57. The number of carbonyl (C=O) groups is 1. The predicted octanol–water partition coefficient (Wildman–Crippen LogP) is 5.28.